The molecule has 0 heterocycles. The predicted molar refractivity (Wildman–Crippen MR) is 96.0 cm³/mol. The first-order valence-electron chi connectivity index (χ1n) is 8.05. The number of fused-ring (bicyclic) bond motifs is 2. The second kappa shape index (κ2) is 6.69. The van der Waals surface area contributed by atoms with Gasteiger partial charge in [-0.2, -0.15) is 0 Å². The van der Waals surface area contributed by atoms with Gasteiger partial charge < -0.3 is 9.64 Å². The van der Waals surface area contributed by atoms with Crippen molar-refractivity contribution in [2.24, 2.45) is 0 Å². The highest BCUT2D eigenvalue weighted by Gasteiger charge is 2.16. The van der Waals surface area contributed by atoms with Crippen LogP contribution in [0.25, 0.3) is 21.5 Å². The Labute approximate surface area is 136 Å². The molecule has 3 aromatic carbocycles. The molecule has 0 aromatic heterocycles. The van der Waals surface area contributed by atoms with E-state index in [9.17, 15) is 4.79 Å². The van der Waals surface area contributed by atoms with Crippen LogP contribution < -0.4 is 4.90 Å². The lowest BCUT2D eigenvalue weighted by molar-refractivity contribution is -0.141. The highest BCUT2D eigenvalue weighted by atomic mass is 16.5. The number of likely N-dealkylation sites (N-methyl/N-ethyl adjacent to an activating group) is 1. The maximum absolute atomic E-state index is 12.0. The average Bonchev–Trinajstić information content (AvgIpc) is 2.58. The Balaban J connectivity index is 2.20. The molecule has 0 unspecified atom stereocenters. The molecule has 0 bridgehead atoms. The van der Waals surface area contributed by atoms with Crippen LogP contribution in [0.4, 0.5) is 5.69 Å². The highest BCUT2D eigenvalue weighted by Crippen LogP contribution is 2.35. The number of ether oxygens (including phenoxy) is 1. The van der Waals surface area contributed by atoms with E-state index in [1.807, 2.05) is 31.2 Å². The first-order chi connectivity index (χ1) is 11.2. The van der Waals surface area contributed by atoms with E-state index in [1.54, 1.807) is 0 Å². The Bertz CT molecular complexity index is 787. The number of carbonyl (C=O) groups excluding carboxylic acids is 1. The van der Waals surface area contributed by atoms with Gasteiger partial charge in [0, 0.05) is 17.3 Å². The van der Waals surface area contributed by atoms with Gasteiger partial charge in [0.05, 0.1) is 12.3 Å². The molecule has 0 amide bonds. The Morgan fingerprint density at radius 2 is 1.52 bits per heavy atom. The van der Waals surface area contributed by atoms with Crippen molar-refractivity contribution in [3.8, 4) is 0 Å². The summed E-state index contributed by atoms with van der Waals surface area (Å²) in [5, 5.41) is 4.70. The quantitative estimate of drug-likeness (QED) is 0.517. The van der Waals surface area contributed by atoms with Crippen LogP contribution in [-0.4, -0.2) is 25.7 Å². The van der Waals surface area contributed by atoms with E-state index in [-0.39, 0.29) is 12.5 Å². The van der Waals surface area contributed by atoms with Crippen LogP contribution in [0.1, 0.15) is 13.8 Å². The number of anilines is 1. The van der Waals surface area contributed by atoms with Gasteiger partial charge in [-0.3, -0.25) is 4.79 Å². The van der Waals surface area contributed by atoms with Gasteiger partial charge in [0.1, 0.15) is 6.54 Å². The van der Waals surface area contributed by atoms with E-state index >= 15 is 0 Å². The van der Waals surface area contributed by atoms with E-state index in [2.05, 4.69) is 42.2 Å². The predicted octanol–water partition coefficient (Wildman–Crippen LogP) is 4.38. The van der Waals surface area contributed by atoms with Gasteiger partial charge in [-0.25, -0.2) is 0 Å². The number of esters is 1. The normalized spacial score (nSPS) is 10.9. The molecule has 0 atom stereocenters. The highest BCUT2D eigenvalue weighted by molar-refractivity contribution is 6.11. The smallest absolute Gasteiger partial charge is 0.325 e. The van der Waals surface area contributed by atoms with Gasteiger partial charge >= 0.3 is 5.97 Å². The molecule has 3 heteroatoms. The van der Waals surface area contributed by atoms with Crippen LogP contribution in [-0.2, 0) is 9.53 Å². The van der Waals surface area contributed by atoms with Crippen molar-refractivity contribution < 1.29 is 9.53 Å². The summed E-state index contributed by atoms with van der Waals surface area (Å²) in [6.07, 6.45) is 0. The van der Waals surface area contributed by atoms with Crippen molar-refractivity contribution in [2.75, 3.05) is 24.6 Å². The monoisotopic (exact) mass is 307 g/mol. The summed E-state index contributed by atoms with van der Waals surface area (Å²) in [4.78, 5) is 14.1. The van der Waals surface area contributed by atoms with Crippen LogP contribution in [0.2, 0.25) is 0 Å². The summed E-state index contributed by atoms with van der Waals surface area (Å²) in [6, 6.07) is 18.8. The third kappa shape index (κ3) is 3.00. The van der Waals surface area contributed by atoms with Crippen molar-refractivity contribution in [3.63, 3.8) is 0 Å². The molecule has 0 N–H and O–H groups in total. The van der Waals surface area contributed by atoms with E-state index in [1.165, 1.54) is 10.8 Å². The van der Waals surface area contributed by atoms with E-state index < -0.39 is 0 Å². The minimum atomic E-state index is -0.189. The number of hydrogen-bond donors (Lipinski definition) is 0. The summed E-state index contributed by atoms with van der Waals surface area (Å²) in [5.74, 6) is -0.189. The minimum absolute atomic E-state index is 0.189. The zero-order chi connectivity index (χ0) is 16.2. The van der Waals surface area contributed by atoms with Gasteiger partial charge in [0.2, 0.25) is 0 Å². The molecule has 0 aliphatic rings. The zero-order valence-corrected chi connectivity index (χ0v) is 13.6. The summed E-state index contributed by atoms with van der Waals surface area (Å²) in [5.41, 5.74) is 1.11. The summed E-state index contributed by atoms with van der Waals surface area (Å²) >= 11 is 0. The number of nitrogens with zero attached hydrogens (tertiary/aromatic N) is 1. The molecule has 118 valence electrons. The van der Waals surface area contributed by atoms with E-state index in [4.69, 9.17) is 4.74 Å². The number of rotatable bonds is 5. The maximum atomic E-state index is 12.0. The van der Waals surface area contributed by atoms with E-state index in [0.717, 1.165) is 23.0 Å². The molecule has 3 aromatic rings. The Hall–Kier alpha value is -2.55. The van der Waals surface area contributed by atoms with Crippen molar-refractivity contribution in [2.45, 2.75) is 13.8 Å². The SMILES string of the molecule is CCOC(=O)CN(CC)c1c2ccccc2cc2ccccc12. The van der Waals surface area contributed by atoms with Crippen LogP contribution in [0.15, 0.2) is 54.6 Å². The molecule has 0 saturated carbocycles. The second-order valence-electron chi connectivity index (χ2n) is 5.49. The first kappa shape index (κ1) is 15.3. The molecule has 3 rings (SSSR count). The number of benzene rings is 3. The third-order valence-corrected chi connectivity index (χ3v) is 4.07. The lowest BCUT2D eigenvalue weighted by Crippen LogP contribution is -2.31. The third-order valence-electron chi connectivity index (χ3n) is 4.07. The lowest BCUT2D eigenvalue weighted by atomic mass is 10.00. The summed E-state index contributed by atoms with van der Waals surface area (Å²) in [7, 11) is 0. The Morgan fingerprint density at radius 3 is 2.04 bits per heavy atom. The minimum Gasteiger partial charge on any atom is -0.465 e. The molecule has 23 heavy (non-hydrogen) atoms. The van der Waals surface area contributed by atoms with Crippen molar-refractivity contribution in [1.29, 1.82) is 0 Å². The van der Waals surface area contributed by atoms with Gasteiger partial charge in [-0.05, 0) is 30.7 Å². The Morgan fingerprint density at radius 1 is 0.957 bits per heavy atom. The fourth-order valence-electron chi connectivity index (χ4n) is 3.04. The Kier molecular flexibility index (Phi) is 4.47. The molecular weight excluding hydrogens is 286 g/mol. The molecule has 0 aliphatic carbocycles. The van der Waals surface area contributed by atoms with Crippen molar-refractivity contribution >= 4 is 33.2 Å². The molecule has 0 radical (unpaired) electrons. The van der Waals surface area contributed by atoms with Crippen LogP contribution in [0.5, 0.6) is 0 Å². The van der Waals surface area contributed by atoms with Crippen LogP contribution in [0, 0.1) is 0 Å². The average molecular weight is 307 g/mol. The van der Waals surface area contributed by atoms with Gasteiger partial charge in [0.25, 0.3) is 0 Å². The zero-order valence-electron chi connectivity index (χ0n) is 13.6. The molecule has 0 aliphatic heterocycles. The van der Waals surface area contributed by atoms with E-state index in [0.29, 0.717) is 6.61 Å². The maximum Gasteiger partial charge on any atom is 0.325 e. The topological polar surface area (TPSA) is 29.5 Å². The largest absolute Gasteiger partial charge is 0.465 e. The molecular formula is C20H21NO2. The van der Waals surface area contributed by atoms with Crippen LogP contribution >= 0.6 is 0 Å². The molecule has 0 fully saturated rings. The fourth-order valence-corrected chi connectivity index (χ4v) is 3.04. The second-order valence-corrected chi connectivity index (χ2v) is 5.49. The molecule has 0 spiro atoms. The summed E-state index contributed by atoms with van der Waals surface area (Å²) < 4.78 is 5.14. The van der Waals surface area contributed by atoms with Crippen molar-refractivity contribution in [3.05, 3.63) is 54.6 Å². The molecule has 3 nitrogen and oxygen atoms in total. The number of hydrogen-bond acceptors (Lipinski definition) is 3. The van der Waals surface area contributed by atoms with Crippen LogP contribution in [0.3, 0.4) is 0 Å². The summed E-state index contributed by atoms with van der Waals surface area (Å²) in [6.45, 7) is 5.32. The lowest BCUT2D eigenvalue weighted by Gasteiger charge is -2.25. The number of carbonyl (C=O) groups is 1. The van der Waals surface area contributed by atoms with Crippen molar-refractivity contribution in [1.82, 2.24) is 0 Å². The van der Waals surface area contributed by atoms with Gasteiger partial charge in [0.15, 0.2) is 0 Å². The first-order valence-corrected chi connectivity index (χ1v) is 8.05. The standard InChI is InChI=1S/C20H21NO2/c1-3-21(14-19(22)23-4-2)20-17-11-7-5-9-15(17)13-16-10-6-8-12-18(16)20/h5-13H,3-4,14H2,1-2H3. The molecule has 0 saturated heterocycles. The fraction of sp³-hybridized carbons (Fsp3) is 0.250. The van der Waals surface area contributed by atoms with Gasteiger partial charge in [-0.1, -0.05) is 48.5 Å². The van der Waals surface area contributed by atoms with Gasteiger partial charge in [-0.15, -0.1) is 0 Å².